The molecule has 10 nitrogen and oxygen atoms in total. The third-order valence-electron chi connectivity index (χ3n) is 7.50. The molecule has 0 bridgehead atoms. The number of hydrogen-bond acceptors (Lipinski definition) is 10. The molecule has 3 aromatic heterocycles. The lowest BCUT2D eigenvalue weighted by Crippen LogP contribution is -2.32. The number of carbonyl (C=O) groups is 1. The summed E-state index contributed by atoms with van der Waals surface area (Å²) in [4.78, 5) is 26.1. The minimum Gasteiger partial charge on any atom is -0.474 e. The number of hydrogen-bond donors (Lipinski definition) is 2. The van der Waals surface area contributed by atoms with Gasteiger partial charge in [0.1, 0.15) is 27.6 Å². The first-order valence-electron chi connectivity index (χ1n) is 13.3. The molecule has 0 amide bonds. The van der Waals surface area contributed by atoms with Gasteiger partial charge in [0.2, 0.25) is 5.88 Å². The van der Waals surface area contributed by atoms with Crippen LogP contribution in [0.5, 0.6) is 5.88 Å². The van der Waals surface area contributed by atoms with E-state index in [0.717, 1.165) is 10.9 Å². The maximum atomic E-state index is 12.3. The molecule has 0 fully saturated rings. The van der Waals surface area contributed by atoms with Crippen LogP contribution in [0.25, 0.3) is 10.8 Å². The van der Waals surface area contributed by atoms with E-state index in [1.807, 2.05) is 40.7 Å². The summed E-state index contributed by atoms with van der Waals surface area (Å²) in [5.74, 6) is 1.20. The molecule has 1 unspecified atom stereocenters. The second-order valence-electron chi connectivity index (χ2n) is 10.5. The molecular weight excluding hydrogens is 518 g/mol. The lowest BCUT2D eigenvalue weighted by Gasteiger charge is -2.27. The van der Waals surface area contributed by atoms with Gasteiger partial charge >= 0.3 is 5.97 Å². The maximum Gasteiger partial charge on any atom is 0.340 e. The first-order chi connectivity index (χ1) is 18.3. The molecule has 1 aliphatic rings. The lowest BCUT2D eigenvalue weighted by atomic mass is 9.88. The predicted octanol–water partition coefficient (Wildman–Crippen LogP) is 4.61. The average Bonchev–Trinajstić information content (AvgIpc) is 2.90. The number of aromatic nitrogens is 3. The highest BCUT2D eigenvalue weighted by molar-refractivity contribution is 7.91. The third kappa shape index (κ3) is 6.14. The number of fused-ring (bicyclic) bond motifs is 2. The SMILES string of the molecule is CCC(C)(N)c1cnc(O[C@H](C)CCS(=O)(=O)CC)c2cnc(Nc3ccc4c(n3)[C@@H](C)[C@H](C)OC4=O)cc12. The van der Waals surface area contributed by atoms with Crippen LogP contribution in [0.4, 0.5) is 11.6 Å². The molecule has 11 heteroatoms. The molecule has 4 atom stereocenters. The fraction of sp³-hybridized carbons (Fsp3) is 0.500. The van der Waals surface area contributed by atoms with Crippen molar-refractivity contribution in [2.45, 2.75) is 78.0 Å². The molecule has 0 radical (unpaired) electrons. The number of esters is 1. The molecule has 1 aliphatic heterocycles. The second-order valence-corrected chi connectivity index (χ2v) is 12.9. The standard InChI is InChI=1S/C28H37N5O5S/c1-7-28(6,29)22-15-31-26(37-16(3)11-12-39(35,36)8-2)21-14-30-24(13-20(21)22)32-23-10-9-19-25(33-23)17(4)18(5)38-27(19)34/h9-10,13-18H,7-8,11-12,29H2,1-6H3,(H,30,32,33)/t16-,17+,18+,28?/m1/s1. The Morgan fingerprint density at radius 3 is 2.59 bits per heavy atom. The first-order valence-corrected chi connectivity index (χ1v) is 15.1. The normalized spacial score (nSPS) is 19.6. The van der Waals surface area contributed by atoms with Gasteiger partial charge in [-0.1, -0.05) is 20.8 Å². The fourth-order valence-electron chi connectivity index (χ4n) is 4.41. The third-order valence-corrected chi connectivity index (χ3v) is 9.24. The van der Waals surface area contributed by atoms with Crippen molar-refractivity contribution in [1.82, 2.24) is 15.0 Å². The highest BCUT2D eigenvalue weighted by atomic mass is 32.2. The van der Waals surface area contributed by atoms with Gasteiger partial charge in [-0.15, -0.1) is 0 Å². The summed E-state index contributed by atoms with van der Waals surface area (Å²) in [7, 11) is -3.10. The van der Waals surface area contributed by atoms with E-state index in [0.29, 0.717) is 47.0 Å². The topological polar surface area (TPSA) is 146 Å². The van der Waals surface area contributed by atoms with Crippen molar-refractivity contribution in [1.29, 1.82) is 0 Å². The largest absolute Gasteiger partial charge is 0.474 e. The van der Waals surface area contributed by atoms with Crippen molar-refractivity contribution in [3.8, 4) is 5.88 Å². The van der Waals surface area contributed by atoms with Gasteiger partial charge in [-0.25, -0.2) is 28.2 Å². The number of nitrogens with zero attached hydrogens (tertiary/aromatic N) is 3. The molecule has 39 heavy (non-hydrogen) atoms. The summed E-state index contributed by atoms with van der Waals surface area (Å²) in [6.07, 6.45) is 3.79. The highest BCUT2D eigenvalue weighted by Gasteiger charge is 2.31. The molecule has 0 aliphatic carbocycles. The van der Waals surface area contributed by atoms with Gasteiger partial charge in [0, 0.05) is 29.6 Å². The molecule has 0 saturated heterocycles. The summed E-state index contributed by atoms with van der Waals surface area (Å²) >= 11 is 0. The van der Waals surface area contributed by atoms with E-state index in [9.17, 15) is 13.2 Å². The molecule has 4 rings (SSSR count). The zero-order valence-electron chi connectivity index (χ0n) is 23.3. The lowest BCUT2D eigenvalue weighted by molar-refractivity contribution is 0.0235. The Bertz CT molecular complexity index is 1490. The Morgan fingerprint density at radius 1 is 1.15 bits per heavy atom. The van der Waals surface area contributed by atoms with E-state index in [2.05, 4.69) is 15.3 Å². The van der Waals surface area contributed by atoms with Gasteiger partial charge in [-0.3, -0.25) is 0 Å². The Morgan fingerprint density at radius 2 is 1.90 bits per heavy atom. The average molecular weight is 556 g/mol. The summed E-state index contributed by atoms with van der Waals surface area (Å²) in [5.41, 5.74) is 7.98. The Labute approximate surface area is 229 Å². The summed E-state index contributed by atoms with van der Waals surface area (Å²) in [6, 6.07) is 5.32. The monoisotopic (exact) mass is 555 g/mol. The molecule has 0 saturated carbocycles. The molecule has 0 spiro atoms. The van der Waals surface area contributed by atoms with Gasteiger partial charge in [-0.2, -0.15) is 0 Å². The second kappa shape index (κ2) is 11.1. The number of anilines is 2. The quantitative estimate of drug-likeness (QED) is 0.340. The molecule has 3 aromatic rings. The van der Waals surface area contributed by atoms with Crippen LogP contribution in [0.15, 0.2) is 30.6 Å². The Hall–Kier alpha value is -3.31. The first kappa shape index (κ1) is 28.7. The summed E-state index contributed by atoms with van der Waals surface area (Å²) < 4.78 is 35.4. The van der Waals surface area contributed by atoms with Crippen molar-refractivity contribution in [2.24, 2.45) is 5.73 Å². The van der Waals surface area contributed by atoms with Crippen molar-refractivity contribution in [3.63, 3.8) is 0 Å². The van der Waals surface area contributed by atoms with Crippen LogP contribution in [-0.4, -0.2) is 53.1 Å². The number of nitrogens with two attached hydrogens (primary N) is 1. The van der Waals surface area contributed by atoms with E-state index in [-0.39, 0.29) is 35.6 Å². The highest BCUT2D eigenvalue weighted by Crippen LogP contribution is 2.35. The van der Waals surface area contributed by atoms with Crippen LogP contribution in [-0.2, 0) is 20.1 Å². The number of nitrogens with one attached hydrogen (secondary N) is 1. The van der Waals surface area contributed by atoms with Crippen LogP contribution in [0, 0.1) is 0 Å². The van der Waals surface area contributed by atoms with E-state index in [1.54, 1.807) is 31.5 Å². The zero-order chi connectivity index (χ0) is 28.5. The smallest absolute Gasteiger partial charge is 0.340 e. The maximum absolute atomic E-state index is 12.3. The van der Waals surface area contributed by atoms with Crippen LogP contribution in [0.2, 0.25) is 0 Å². The number of cyclic esters (lactones) is 1. The van der Waals surface area contributed by atoms with Gasteiger partial charge in [0.25, 0.3) is 0 Å². The van der Waals surface area contributed by atoms with E-state index >= 15 is 0 Å². The van der Waals surface area contributed by atoms with Crippen LogP contribution in [0.3, 0.4) is 0 Å². The number of rotatable bonds is 10. The van der Waals surface area contributed by atoms with E-state index in [4.69, 9.17) is 20.2 Å². The van der Waals surface area contributed by atoms with Gasteiger partial charge in [0.15, 0.2) is 0 Å². The van der Waals surface area contributed by atoms with Gasteiger partial charge < -0.3 is 20.5 Å². The van der Waals surface area contributed by atoms with Crippen molar-refractivity contribution < 1.29 is 22.7 Å². The molecule has 4 heterocycles. The van der Waals surface area contributed by atoms with Crippen LogP contribution in [0.1, 0.15) is 81.9 Å². The van der Waals surface area contributed by atoms with Gasteiger partial charge in [-0.05, 0) is 62.8 Å². The molecule has 0 aromatic carbocycles. The molecule has 210 valence electrons. The number of sulfone groups is 1. The van der Waals surface area contributed by atoms with Crippen LogP contribution < -0.4 is 15.8 Å². The predicted molar refractivity (Wildman–Crippen MR) is 151 cm³/mol. The number of pyridine rings is 3. The van der Waals surface area contributed by atoms with Crippen LogP contribution >= 0.6 is 0 Å². The Kier molecular flexibility index (Phi) is 8.13. The number of ether oxygens (including phenoxy) is 2. The summed E-state index contributed by atoms with van der Waals surface area (Å²) in [5, 5.41) is 4.75. The summed E-state index contributed by atoms with van der Waals surface area (Å²) in [6.45, 7) is 11.3. The fourth-order valence-corrected chi connectivity index (χ4v) is 5.39. The van der Waals surface area contributed by atoms with Gasteiger partial charge in [0.05, 0.1) is 28.5 Å². The van der Waals surface area contributed by atoms with Crippen molar-refractivity contribution >= 4 is 38.2 Å². The zero-order valence-corrected chi connectivity index (χ0v) is 24.1. The molecule has 3 N–H and O–H groups in total. The molecular formula is C28H37N5O5S. The Balaban J connectivity index is 1.68. The van der Waals surface area contributed by atoms with E-state index < -0.39 is 15.4 Å². The van der Waals surface area contributed by atoms with Crippen molar-refractivity contribution in [2.75, 3.05) is 16.8 Å². The minimum atomic E-state index is -3.10. The van der Waals surface area contributed by atoms with Crippen molar-refractivity contribution in [3.05, 3.63) is 47.4 Å². The minimum absolute atomic E-state index is 0.0433. The van der Waals surface area contributed by atoms with E-state index in [1.165, 1.54) is 0 Å². The number of carbonyl (C=O) groups excluding carboxylic acids is 1.